The summed E-state index contributed by atoms with van der Waals surface area (Å²) >= 11 is 0. The van der Waals surface area contributed by atoms with Crippen molar-refractivity contribution in [3.63, 3.8) is 0 Å². The zero-order valence-corrected chi connectivity index (χ0v) is 10.3. The van der Waals surface area contributed by atoms with E-state index in [0.29, 0.717) is 6.10 Å². The molecule has 0 heterocycles. The fourth-order valence-corrected chi connectivity index (χ4v) is 1.72. The summed E-state index contributed by atoms with van der Waals surface area (Å²) in [5.41, 5.74) is 7.03. The average Bonchev–Trinajstić information content (AvgIpc) is 3.15. The number of ether oxygens (including phenoxy) is 3. The molecule has 0 aromatic heterocycles. The van der Waals surface area contributed by atoms with Crippen LogP contribution in [0.1, 0.15) is 24.4 Å². The van der Waals surface area contributed by atoms with Gasteiger partial charge >= 0.3 is 0 Å². The summed E-state index contributed by atoms with van der Waals surface area (Å²) in [6.45, 7) is 0. The highest BCUT2D eigenvalue weighted by Crippen LogP contribution is 2.28. The number of benzene rings is 1. The molecule has 0 aliphatic heterocycles. The van der Waals surface area contributed by atoms with Crippen molar-refractivity contribution in [1.29, 1.82) is 0 Å². The van der Waals surface area contributed by atoms with Gasteiger partial charge in [0.05, 0.1) is 12.1 Å². The highest BCUT2D eigenvalue weighted by molar-refractivity contribution is 5.31. The largest absolute Gasteiger partial charge is 0.490 e. The molecule has 1 aromatic rings. The van der Waals surface area contributed by atoms with Crippen molar-refractivity contribution in [2.24, 2.45) is 5.73 Å². The van der Waals surface area contributed by atoms with Gasteiger partial charge in [-0.3, -0.25) is 0 Å². The summed E-state index contributed by atoms with van der Waals surface area (Å²) in [7, 11) is 3.16. The quantitative estimate of drug-likeness (QED) is 0.767. The smallest absolute Gasteiger partial charge is 0.176 e. The van der Waals surface area contributed by atoms with Gasteiger partial charge in [0.15, 0.2) is 6.29 Å². The maximum Gasteiger partial charge on any atom is 0.176 e. The van der Waals surface area contributed by atoms with Gasteiger partial charge in [-0.1, -0.05) is 12.1 Å². The SMILES string of the molecule is COC(OC)C(N)c1cccc(OC2CC2)c1. The molecule has 94 valence electrons. The Balaban J connectivity index is 2.07. The van der Waals surface area contributed by atoms with Gasteiger partial charge in [-0.05, 0) is 30.5 Å². The van der Waals surface area contributed by atoms with Gasteiger partial charge in [0.25, 0.3) is 0 Å². The normalized spacial score (nSPS) is 17.2. The van der Waals surface area contributed by atoms with E-state index in [2.05, 4.69) is 0 Å². The Bertz CT molecular complexity index is 361. The third-order valence-electron chi connectivity index (χ3n) is 2.83. The second-order valence-corrected chi connectivity index (χ2v) is 4.26. The molecular formula is C13H19NO3. The van der Waals surface area contributed by atoms with E-state index in [4.69, 9.17) is 19.9 Å². The minimum Gasteiger partial charge on any atom is -0.490 e. The molecule has 2 N–H and O–H groups in total. The molecule has 0 radical (unpaired) electrons. The van der Waals surface area contributed by atoms with E-state index < -0.39 is 6.29 Å². The molecule has 1 unspecified atom stereocenters. The van der Waals surface area contributed by atoms with E-state index in [1.807, 2.05) is 24.3 Å². The molecule has 0 amide bonds. The highest BCUT2D eigenvalue weighted by atomic mass is 16.7. The molecule has 1 aliphatic rings. The maximum absolute atomic E-state index is 6.07. The van der Waals surface area contributed by atoms with Crippen molar-refractivity contribution >= 4 is 0 Å². The summed E-state index contributed by atoms with van der Waals surface area (Å²) in [6, 6.07) is 7.48. The van der Waals surface area contributed by atoms with Crippen molar-refractivity contribution in [3.8, 4) is 5.75 Å². The second-order valence-electron chi connectivity index (χ2n) is 4.26. The van der Waals surface area contributed by atoms with E-state index in [1.165, 1.54) is 0 Å². The molecule has 4 nitrogen and oxygen atoms in total. The number of hydrogen-bond donors (Lipinski definition) is 1. The van der Waals surface area contributed by atoms with Crippen LogP contribution in [0.3, 0.4) is 0 Å². The molecule has 0 bridgehead atoms. The van der Waals surface area contributed by atoms with Crippen LogP contribution in [-0.4, -0.2) is 26.6 Å². The second kappa shape index (κ2) is 5.49. The van der Waals surface area contributed by atoms with E-state index in [0.717, 1.165) is 24.2 Å². The first-order valence-electron chi connectivity index (χ1n) is 5.82. The predicted octanol–water partition coefficient (Wildman–Crippen LogP) is 1.85. The third-order valence-corrected chi connectivity index (χ3v) is 2.83. The molecule has 1 aromatic carbocycles. The Morgan fingerprint density at radius 2 is 1.94 bits per heavy atom. The first kappa shape index (κ1) is 12.4. The molecule has 17 heavy (non-hydrogen) atoms. The predicted molar refractivity (Wildman–Crippen MR) is 64.8 cm³/mol. The number of nitrogens with two attached hydrogens (primary N) is 1. The van der Waals surface area contributed by atoms with E-state index in [9.17, 15) is 0 Å². The van der Waals surface area contributed by atoms with Crippen LogP contribution in [0, 0.1) is 0 Å². The summed E-state index contributed by atoms with van der Waals surface area (Å²) in [5.74, 6) is 0.867. The monoisotopic (exact) mass is 237 g/mol. The average molecular weight is 237 g/mol. The first-order chi connectivity index (χ1) is 8.24. The fraction of sp³-hybridized carbons (Fsp3) is 0.538. The van der Waals surface area contributed by atoms with Gasteiger partial charge in [0.1, 0.15) is 5.75 Å². The summed E-state index contributed by atoms with van der Waals surface area (Å²) in [4.78, 5) is 0. The lowest BCUT2D eigenvalue weighted by molar-refractivity contribution is -0.117. The molecular weight excluding hydrogens is 218 g/mol. The van der Waals surface area contributed by atoms with Crippen LogP contribution < -0.4 is 10.5 Å². The zero-order chi connectivity index (χ0) is 12.3. The lowest BCUT2D eigenvalue weighted by atomic mass is 10.1. The number of hydrogen-bond acceptors (Lipinski definition) is 4. The third kappa shape index (κ3) is 3.19. The van der Waals surface area contributed by atoms with Crippen molar-refractivity contribution < 1.29 is 14.2 Å². The Morgan fingerprint density at radius 3 is 2.53 bits per heavy atom. The standard InChI is InChI=1S/C13H19NO3/c1-15-13(16-2)12(14)9-4-3-5-11(8-9)17-10-6-7-10/h3-5,8,10,12-13H,6-7,14H2,1-2H3. The van der Waals surface area contributed by atoms with Gasteiger partial charge in [-0.15, -0.1) is 0 Å². The van der Waals surface area contributed by atoms with Gasteiger partial charge in [-0.2, -0.15) is 0 Å². The van der Waals surface area contributed by atoms with Crippen LogP contribution in [-0.2, 0) is 9.47 Å². The summed E-state index contributed by atoms with van der Waals surface area (Å²) in [6.07, 6.45) is 2.25. The summed E-state index contributed by atoms with van der Waals surface area (Å²) < 4.78 is 16.0. The number of rotatable bonds is 6. The molecule has 2 rings (SSSR count). The molecule has 0 saturated heterocycles. The van der Waals surface area contributed by atoms with Crippen LogP contribution in [0.4, 0.5) is 0 Å². The lowest BCUT2D eigenvalue weighted by Gasteiger charge is -2.21. The van der Waals surface area contributed by atoms with E-state index >= 15 is 0 Å². The minimum atomic E-state index is -0.439. The lowest BCUT2D eigenvalue weighted by Crippen LogP contribution is -2.29. The molecule has 1 fully saturated rings. The van der Waals surface area contributed by atoms with E-state index in [1.54, 1.807) is 14.2 Å². The fourth-order valence-electron chi connectivity index (χ4n) is 1.72. The van der Waals surface area contributed by atoms with Crippen LogP contribution in [0.25, 0.3) is 0 Å². The highest BCUT2D eigenvalue weighted by Gasteiger charge is 2.24. The topological polar surface area (TPSA) is 53.7 Å². The molecule has 1 aliphatic carbocycles. The maximum atomic E-state index is 6.07. The minimum absolute atomic E-state index is 0.312. The van der Waals surface area contributed by atoms with Gasteiger partial charge in [0, 0.05) is 14.2 Å². The molecule has 1 saturated carbocycles. The van der Waals surface area contributed by atoms with Gasteiger partial charge < -0.3 is 19.9 Å². The zero-order valence-electron chi connectivity index (χ0n) is 10.3. The van der Waals surface area contributed by atoms with Crippen LogP contribution in [0.2, 0.25) is 0 Å². The summed E-state index contributed by atoms with van der Waals surface area (Å²) in [5, 5.41) is 0. The van der Waals surface area contributed by atoms with E-state index in [-0.39, 0.29) is 6.04 Å². The molecule has 0 spiro atoms. The first-order valence-corrected chi connectivity index (χ1v) is 5.82. The molecule has 1 atom stereocenters. The van der Waals surface area contributed by atoms with Crippen molar-refractivity contribution in [1.82, 2.24) is 0 Å². The van der Waals surface area contributed by atoms with Crippen molar-refractivity contribution in [2.75, 3.05) is 14.2 Å². The van der Waals surface area contributed by atoms with Gasteiger partial charge in [0.2, 0.25) is 0 Å². The Labute approximate surface area is 102 Å². The van der Waals surface area contributed by atoms with Crippen molar-refractivity contribution in [2.45, 2.75) is 31.3 Å². The molecule has 4 heteroatoms. The van der Waals surface area contributed by atoms with Crippen LogP contribution >= 0.6 is 0 Å². The Hall–Kier alpha value is -1.10. The Kier molecular flexibility index (Phi) is 3.99. The number of methoxy groups -OCH3 is 2. The van der Waals surface area contributed by atoms with Crippen LogP contribution in [0.5, 0.6) is 5.75 Å². The van der Waals surface area contributed by atoms with Gasteiger partial charge in [-0.25, -0.2) is 0 Å². The van der Waals surface area contributed by atoms with Crippen molar-refractivity contribution in [3.05, 3.63) is 29.8 Å². The van der Waals surface area contributed by atoms with Crippen LogP contribution in [0.15, 0.2) is 24.3 Å². The Morgan fingerprint density at radius 1 is 1.24 bits per heavy atom.